The lowest BCUT2D eigenvalue weighted by Crippen LogP contribution is -2.51. The van der Waals surface area contributed by atoms with Crippen LogP contribution in [0.25, 0.3) is 0 Å². The maximum atomic E-state index is 14.4. The lowest BCUT2D eigenvalue weighted by Gasteiger charge is -2.29. The molecule has 3 rings (SSSR count). The van der Waals surface area contributed by atoms with Crippen LogP contribution in [0.1, 0.15) is 55.8 Å². The number of carbonyl (C=O) groups is 4. The van der Waals surface area contributed by atoms with E-state index in [1.807, 2.05) is 54.6 Å². The molecule has 1 heterocycles. The first-order chi connectivity index (χ1) is 17.1. The largest absolute Gasteiger partial charge is 0.368 e. The second-order valence-electron chi connectivity index (χ2n) is 9.41. The highest BCUT2D eigenvalue weighted by Crippen LogP contribution is 2.27. The van der Waals surface area contributed by atoms with Gasteiger partial charge in [-0.25, -0.2) is 4.39 Å². The summed E-state index contributed by atoms with van der Waals surface area (Å²) in [5.74, 6) is -2.05. The highest BCUT2D eigenvalue weighted by molar-refractivity contribution is 5.92. The van der Waals surface area contributed by atoms with Crippen molar-refractivity contribution in [1.29, 1.82) is 0 Å². The van der Waals surface area contributed by atoms with Gasteiger partial charge in [0.2, 0.25) is 23.6 Å². The van der Waals surface area contributed by atoms with Gasteiger partial charge >= 0.3 is 0 Å². The van der Waals surface area contributed by atoms with Gasteiger partial charge in [0.05, 0.1) is 19.1 Å². The maximum absolute atomic E-state index is 14.4. The molecule has 3 unspecified atom stereocenters. The Kier molecular flexibility index (Phi) is 8.79. The van der Waals surface area contributed by atoms with Gasteiger partial charge in [0.15, 0.2) is 0 Å². The van der Waals surface area contributed by atoms with Crippen LogP contribution >= 0.6 is 0 Å². The molecule has 4 amide bonds. The second-order valence-corrected chi connectivity index (χ2v) is 9.41. The summed E-state index contributed by atoms with van der Waals surface area (Å²) in [5.41, 5.74) is 8.03. The van der Waals surface area contributed by atoms with Crippen LogP contribution in [-0.2, 0) is 19.2 Å². The molecule has 1 saturated heterocycles. The van der Waals surface area contributed by atoms with E-state index in [0.29, 0.717) is 5.92 Å². The van der Waals surface area contributed by atoms with E-state index >= 15 is 0 Å². The molecular weight excluding hydrogens is 463 g/mol. The number of primary amides is 1. The predicted octanol–water partition coefficient (Wildman–Crippen LogP) is 2.29. The van der Waals surface area contributed by atoms with E-state index in [1.54, 1.807) is 0 Å². The minimum Gasteiger partial charge on any atom is -0.368 e. The third kappa shape index (κ3) is 6.68. The number of hydrogen-bond acceptors (Lipinski definition) is 4. The van der Waals surface area contributed by atoms with Gasteiger partial charge in [-0.05, 0) is 22.6 Å². The van der Waals surface area contributed by atoms with Gasteiger partial charge < -0.3 is 20.9 Å². The molecule has 3 N–H and O–H groups in total. The Bertz CT molecular complexity index is 1090. The van der Waals surface area contributed by atoms with Crippen LogP contribution in [0.15, 0.2) is 54.6 Å². The Morgan fingerprint density at radius 1 is 1.00 bits per heavy atom. The monoisotopic (exact) mass is 496 g/mol. The second kappa shape index (κ2) is 11.8. The molecule has 1 aliphatic rings. The Hall–Kier alpha value is -3.75. The molecule has 9 heteroatoms. The van der Waals surface area contributed by atoms with Crippen molar-refractivity contribution >= 4 is 23.6 Å². The van der Waals surface area contributed by atoms with Crippen LogP contribution in [0.2, 0.25) is 0 Å². The number of benzene rings is 2. The number of carbonyl (C=O) groups excluding carboxylic acids is 4. The molecule has 0 radical (unpaired) electrons. The Balaban J connectivity index is 1.82. The fourth-order valence-corrected chi connectivity index (χ4v) is 4.35. The zero-order chi connectivity index (χ0) is 26.4. The van der Waals surface area contributed by atoms with Crippen molar-refractivity contribution in [2.24, 2.45) is 5.73 Å². The van der Waals surface area contributed by atoms with Crippen molar-refractivity contribution in [3.63, 3.8) is 0 Å². The number of nitrogens with one attached hydrogen (secondary N) is 1. The summed E-state index contributed by atoms with van der Waals surface area (Å²) in [4.78, 5) is 51.6. The smallest absolute Gasteiger partial charge is 0.243 e. The first-order valence-corrected chi connectivity index (χ1v) is 12.0. The number of amides is 4. The molecule has 2 aromatic carbocycles. The number of hydrogen-bond donors (Lipinski definition) is 2. The average molecular weight is 497 g/mol. The van der Waals surface area contributed by atoms with Crippen molar-refractivity contribution in [3.8, 4) is 0 Å². The number of halogens is 1. The molecule has 36 heavy (non-hydrogen) atoms. The van der Waals surface area contributed by atoms with Crippen LogP contribution in [0, 0.1) is 0 Å². The molecule has 0 bridgehead atoms. The maximum Gasteiger partial charge on any atom is 0.243 e. The van der Waals surface area contributed by atoms with Gasteiger partial charge in [0.1, 0.15) is 18.8 Å². The SMILES string of the molecule is CC(=O)N(CC(N)=O)CC(=O)N1CC(F)CC1C(=O)NC(c1ccccc1)c1ccc(C(C)C)cc1. The molecule has 2 aromatic rings. The van der Waals surface area contributed by atoms with E-state index < -0.39 is 55.0 Å². The van der Waals surface area contributed by atoms with Gasteiger partial charge in [0.25, 0.3) is 0 Å². The predicted molar refractivity (Wildman–Crippen MR) is 133 cm³/mol. The first kappa shape index (κ1) is 26.8. The van der Waals surface area contributed by atoms with E-state index in [1.165, 1.54) is 6.92 Å². The van der Waals surface area contributed by atoms with Gasteiger partial charge in [-0.3, -0.25) is 19.2 Å². The van der Waals surface area contributed by atoms with Crippen LogP contribution in [0.4, 0.5) is 4.39 Å². The molecule has 1 aliphatic heterocycles. The minimum absolute atomic E-state index is 0.152. The molecule has 192 valence electrons. The van der Waals surface area contributed by atoms with E-state index in [2.05, 4.69) is 19.2 Å². The van der Waals surface area contributed by atoms with Gasteiger partial charge in [-0.15, -0.1) is 0 Å². The number of nitrogens with two attached hydrogens (primary N) is 1. The normalized spacial score (nSPS) is 18.1. The third-order valence-electron chi connectivity index (χ3n) is 6.35. The summed E-state index contributed by atoms with van der Waals surface area (Å²) in [6, 6.07) is 15.8. The summed E-state index contributed by atoms with van der Waals surface area (Å²) in [5, 5.41) is 3.00. The summed E-state index contributed by atoms with van der Waals surface area (Å²) >= 11 is 0. The summed E-state index contributed by atoms with van der Waals surface area (Å²) in [6.45, 7) is 4.24. The molecule has 0 spiro atoms. The molecule has 0 aliphatic carbocycles. The van der Waals surface area contributed by atoms with E-state index in [4.69, 9.17) is 5.73 Å². The van der Waals surface area contributed by atoms with E-state index in [-0.39, 0.29) is 13.0 Å². The highest BCUT2D eigenvalue weighted by atomic mass is 19.1. The zero-order valence-electron chi connectivity index (χ0n) is 20.8. The molecule has 0 saturated carbocycles. The van der Waals surface area contributed by atoms with E-state index in [0.717, 1.165) is 26.5 Å². The van der Waals surface area contributed by atoms with E-state index in [9.17, 15) is 23.6 Å². The molecule has 1 fully saturated rings. The average Bonchev–Trinajstić information content (AvgIpc) is 3.24. The summed E-state index contributed by atoms with van der Waals surface area (Å²) < 4.78 is 14.4. The number of alkyl halides is 1. The zero-order valence-corrected chi connectivity index (χ0v) is 20.8. The first-order valence-electron chi connectivity index (χ1n) is 12.0. The topological polar surface area (TPSA) is 113 Å². The molecule has 3 atom stereocenters. The van der Waals surface area contributed by atoms with Gasteiger partial charge in [-0.1, -0.05) is 68.4 Å². The lowest BCUT2D eigenvalue weighted by molar-refractivity contribution is -0.144. The fourth-order valence-electron chi connectivity index (χ4n) is 4.35. The standard InChI is InChI=1S/C27H33FN4O4/c1-17(2)19-9-11-21(12-10-19)26(20-7-5-4-6-8-20)30-27(36)23-13-22(28)14-32(23)25(35)16-31(18(3)33)15-24(29)34/h4-12,17,22-23,26H,13-16H2,1-3H3,(H2,29,34)(H,30,36). The van der Waals surface area contributed by atoms with Crippen molar-refractivity contribution in [2.45, 2.75) is 51.4 Å². The Morgan fingerprint density at radius 3 is 2.14 bits per heavy atom. The van der Waals surface area contributed by atoms with Gasteiger partial charge in [0, 0.05) is 13.3 Å². The quantitative estimate of drug-likeness (QED) is 0.555. The van der Waals surface area contributed by atoms with Crippen molar-refractivity contribution in [3.05, 3.63) is 71.3 Å². The minimum atomic E-state index is -1.38. The van der Waals surface area contributed by atoms with Crippen molar-refractivity contribution in [2.75, 3.05) is 19.6 Å². The molecular formula is C27H33FN4O4. The highest BCUT2D eigenvalue weighted by Gasteiger charge is 2.41. The van der Waals surface area contributed by atoms with Crippen LogP contribution < -0.4 is 11.1 Å². The molecule has 0 aromatic heterocycles. The van der Waals surface area contributed by atoms with Crippen LogP contribution in [-0.4, -0.2) is 65.3 Å². The van der Waals surface area contributed by atoms with Gasteiger partial charge in [-0.2, -0.15) is 0 Å². The number of nitrogens with zero attached hydrogens (tertiary/aromatic N) is 2. The number of likely N-dealkylation sites (tertiary alicyclic amines) is 1. The Morgan fingerprint density at radius 2 is 1.58 bits per heavy atom. The summed E-state index contributed by atoms with van der Waals surface area (Å²) in [7, 11) is 0. The fraction of sp³-hybridized carbons (Fsp3) is 0.407. The van der Waals surface area contributed by atoms with Crippen molar-refractivity contribution < 1.29 is 23.6 Å². The number of rotatable bonds is 9. The Labute approximate surface area is 210 Å². The lowest BCUT2D eigenvalue weighted by atomic mass is 9.95. The van der Waals surface area contributed by atoms with Crippen LogP contribution in [0.3, 0.4) is 0 Å². The van der Waals surface area contributed by atoms with Crippen molar-refractivity contribution in [1.82, 2.24) is 15.1 Å². The summed E-state index contributed by atoms with van der Waals surface area (Å²) in [6.07, 6.45) is -1.53. The van der Waals surface area contributed by atoms with Crippen LogP contribution in [0.5, 0.6) is 0 Å². The molecule has 8 nitrogen and oxygen atoms in total. The third-order valence-corrected chi connectivity index (χ3v) is 6.35.